The molecule has 0 fully saturated rings. The van der Waals surface area contributed by atoms with Crippen molar-refractivity contribution >= 4 is 23.1 Å². The summed E-state index contributed by atoms with van der Waals surface area (Å²) in [5.74, 6) is 0.746. The molecule has 1 aromatic rings. The first-order valence-electron chi connectivity index (χ1n) is 7.05. The van der Waals surface area contributed by atoms with Crippen LogP contribution in [0.3, 0.4) is 0 Å². The molecule has 0 saturated heterocycles. The Balaban J connectivity index is 2.93. The van der Waals surface area contributed by atoms with Crippen LogP contribution in [0.15, 0.2) is 22.8 Å². The predicted octanol–water partition coefficient (Wildman–Crippen LogP) is 3.11. The average molecular weight is 296 g/mol. The number of rotatable bonds is 8. The molecule has 4 nitrogen and oxygen atoms in total. The van der Waals surface area contributed by atoms with E-state index in [4.69, 9.17) is 22.4 Å². The van der Waals surface area contributed by atoms with Gasteiger partial charge in [0, 0.05) is 7.05 Å². The van der Waals surface area contributed by atoms with E-state index in [-0.39, 0.29) is 5.91 Å². The highest BCUT2D eigenvalue weighted by molar-refractivity contribution is 7.80. The van der Waals surface area contributed by atoms with Crippen LogP contribution in [0, 0.1) is 5.41 Å². The molecule has 0 bridgehead atoms. The molecule has 1 heterocycles. The Bertz CT molecular complexity index is 437. The molecular formula is C15H24N2O2S. The Kier molecular flexibility index (Phi) is 6.20. The van der Waals surface area contributed by atoms with E-state index in [1.807, 2.05) is 26.0 Å². The molecule has 1 amide bonds. The Morgan fingerprint density at radius 2 is 2.00 bits per heavy atom. The van der Waals surface area contributed by atoms with Gasteiger partial charge in [-0.2, -0.15) is 0 Å². The molecular weight excluding hydrogens is 272 g/mol. The molecule has 0 aliphatic rings. The molecule has 1 rings (SSSR count). The summed E-state index contributed by atoms with van der Waals surface area (Å²) < 4.78 is 5.29. The van der Waals surface area contributed by atoms with Crippen LogP contribution >= 0.6 is 12.2 Å². The van der Waals surface area contributed by atoms with Crippen molar-refractivity contribution < 1.29 is 9.21 Å². The maximum atomic E-state index is 12.8. The Labute approximate surface area is 126 Å². The fourth-order valence-corrected chi connectivity index (χ4v) is 2.91. The van der Waals surface area contributed by atoms with Gasteiger partial charge in [0.1, 0.15) is 5.76 Å². The SMILES string of the molecule is CCCC(CCC)(C(=O)N(C)Cc1ccco1)C(N)=S. The van der Waals surface area contributed by atoms with Crippen molar-refractivity contribution in [1.82, 2.24) is 4.90 Å². The van der Waals surface area contributed by atoms with Gasteiger partial charge in [-0.25, -0.2) is 0 Å². The third-order valence-corrected chi connectivity index (χ3v) is 3.95. The van der Waals surface area contributed by atoms with Gasteiger partial charge in [-0.1, -0.05) is 38.9 Å². The maximum absolute atomic E-state index is 12.8. The van der Waals surface area contributed by atoms with E-state index in [9.17, 15) is 4.79 Å². The van der Waals surface area contributed by atoms with E-state index >= 15 is 0 Å². The molecule has 1 aromatic heterocycles. The Morgan fingerprint density at radius 3 is 2.40 bits per heavy atom. The van der Waals surface area contributed by atoms with Gasteiger partial charge < -0.3 is 15.1 Å². The zero-order chi connectivity index (χ0) is 15.2. The van der Waals surface area contributed by atoms with Crippen LogP contribution in [0.25, 0.3) is 0 Å². The number of hydrogen-bond donors (Lipinski definition) is 1. The first-order valence-corrected chi connectivity index (χ1v) is 7.46. The van der Waals surface area contributed by atoms with Crippen LogP contribution in [-0.2, 0) is 11.3 Å². The molecule has 0 aliphatic heterocycles. The zero-order valence-electron chi connectivity index (χ0n) is 12.5. The summed E-state index contributed by atoms with van der Waals surface area (Å²) in [5.41, 5.74) is 5.19. The molecule has 0 spiro atoms. The van der Waals surface area contributed by atoms with Gasteiger partial charge in [-0.05, 0) is 25.0 Å². The van der Waals surface area contributed by atoms with Crippen LogP contribution in [0.1, 0.15) is 45.3 Å². The average Bonchev–Trinajstić information content (AvgIpc) is 2.90. The number of hydrogen-bond acceptors (Lipinski definition) is 3. The minimum atomic E-state index is -0.722. The van der Waals surface area contributed by atoms with Crippen LogP contribution in [0.5, 0.6) is 0 Å². The van der Waals surface area contributed by atoms with Crippen molar-refractivity contribution in [3.05, 3.63) is 24.2 Å². The van der Waals surface area contributed by atoms with Crippen LogP contribution < -0.4 is 5.73 Å². The summed E-state index contributed by atoms with van der Waals surface area (Å²) in [4.78, 5) is 14.8. The molecule has 2 N–H and O–H groups in total. The lowest BCUT2D eigenvalue weighted by Crippen LogP contribution is -2.49. The summed E-state index contributed by atoms with van der Waals surface area (Å²) >= 11 is 5.21. The van der Waals surface area contributed by atoms with E-state index in [0.29, 0.717) is 24.4 Å². The molecule has 0 atom stereocenters. The molecule has 112 valence electrons. The predicted molar refractivity (Wildman–Crippen MR) is 84.2 cm³/mol. The second kappa shape index (κ2) is 7.43. The first kappa shape index (κ1) is 16.7. The number of furan rings is 1. The maximum Gasteiger partial charge on any atom is 0.235 e. The third-order valence-electron chi connectivity index (χ3n) is 3.55. The lowest BCUT2D eigenvalue weighted by molar-refractivity contribution is -0.138. The highest BCUT2D eigenvalue weighted by atomic mass is 32.1. The van der Waals surface area contributed by atoms with Gasteiger partial charge in [0.2, 0.25) is 5.91 Å². The summed E-state index contributed by atoms with van der Waals surface area (Å²) in [7, 11) is 1.77. The molecule has 0 radical (unpaired) electrons. The summed E-state index contributed by atoms with van der Waals surface area (Å²) in [5, 5.41) is 0. The topological polar surface area (TPSA) is 59.5 Å². The molecule has 5 heteroatoms. The van der Waals surface area contributed by atoms with Crippen molar-refractivity contribution in [1.29, 1.82) is 0 Å². The minimum absolute atomic E-state index is 0.00917. The van der Waals surface area contributed by atoms with Crippen LogP contribution in [-0.4, -0.2) is 22.8 Å². The highest BCUT2D eigenvalue weighted by Gasteiger charge is 2.41. The molecule has 0 unspecified atom stereocenters. The zero-order valence-corrected chi connectivity index (χ0v) is 13.3. The lowest BCUT2D eigenvalue weighted by Gasteiger charge is -2.34. The number of carbonyl (C=O) groups excluding carboxylic acids is 1. The van der Waals surface area contributed by atoms with E-state index in [1.165, 1.54) is 0 Å². The van der Waals surface area contributed by atoms with Crippen molar-refractivity contribution in [3.8, 4) is 0 Å². The molecule has 0 saturated carbocycles. The van der Waals surface area contributed by atoms with Crippen molar-refractivity contribution in [2.75, 3.05) is 7.05 Å². The van der Waals surface area contributed by atoms with E-state index in [1.54, 1.807) is 18.2 Å². The van der Waals surface area contributed by atoms with Crippen LogP contribution in [0.4, 0.5) is 0 Å². The standard InChI is InChI=1S/C15H24N2O2S/c1-4-8-15(9-5-2,13(16)20)14(18)17(3)11-12-7-6-10-19-12/h6-7,10H,4-5,8-9,11H2,1-3H3,(H2,16,20). The monoisotopic (exact) mass is 296 g/mol. The van der Waals surface area contributed by atoms with E-state index in [0.717, 1.165) is 18.6 Å². The van der Waals surface area contributed by atoms with E-state index < -0.39 is 5.41 Å². The second-order valence-electron chi connectivity index (χ2n) is 5.19. The Hall–Kier alpha value is -1.36. The number of carbonyl (C=O) groups is 1. The van der Waals surface area contributed by atoms with Gasteiger partial charge >= 0.3 is 0 Å². The van der Waals surface area contributed by atoms with Crippen LogP contribution in [0.2, 0.25) is 0 Å². The summed E-state index contributed by atoms with van der Waals surface area (Å²) in [6.45, 7) is 4.52. The summed E-state index contributed by atoms with van der Waals surface area (Å²) in [6, 6.07) is 3.67. The fraction of sp³-hybridized carbons (Fsp3) is 0.600. The van der Waals surface area contributed by atoms with Gasteiger partial charge in [0.05, 0.1) is 23.2 Å². The lowest BCUT2D eigenvalue weighted by atomic mass is 9.77. The third kappa shape index (κ3) is 3.60. The van der Waals surface area contributed by atoms with Crippen molar-refractivity contribution in [2.24, 2.45) is 11.1 Å². The number of nitrogens with two attached hydrogens (primary N) is 1. The normalized spacial score (nSPS) is 11.3. The van der Waals surface area contributed by atoms with Crippen molar-refractivity contribution in [2.45, 2.75) is 46.1 Å². The first-order chi connectivity index (χ1) is 9.47. The number of nitrogens with zero attached hydrogens (tertiary/aromatic N) is 1. The van der Waals surface area contributed by atoms with Gasteiger partial charge in [0.15, 0.2) is 0 Å². The van der Waals surface area contributed by atoms with Gasteiger partial charge in [-0.3, -0.25) is 4.79 Å². The molecule has 0 aliphatic carbocycles. The summed E-state index contributed by atoms with van der Waals surface area (Å²) in [6.07, 6.45) is 4.73. The van der Waals surface area contributed by atoms with Gasteiger partial charge in [0.25, 0.3) is 0 Å². The minimum Gasteiger partial charge on any atom is -0.467 e. The molecule has 0 aromatic carbocycles. The smallest absolute Gasteiger partial charge is 0.235 e. The Morgan fingerprint density at radius 1 is 1.40 bits per heavy atom. The number of thiocarbonyl (C=S) groups is 1. The second-order valence-corrected chi connectivity index (χ2v) is 5.63. The largest absolute Gasteiger partial charge is 0.467 e. The molecule has 20 heavy (non-hydrogen) atoms. The van der Waals surface area contributed by atoms with Gasteiger partial charge in [-0.15, -0.1) is 0 Å². The highest BCUT2D eigenvalue weighted by Crippen LogP contribution is 2.33. The number of amides is 1. The fourth-order valence-electron chi connectivity index (χ4n) is 2.62. The van der Waals surface area contributed by atoms with Crippen molar-refractivity contribution in [3.63, 3.8) is 0 Å². The quantitative estimate of drug-likeness (QED) is 0.749. The van der Waals surface area contributed by atoms with E-state index in [2.05, 4.69) is 0 Å².